The molecule has 2 aromatic carbocycles. The molecule has 3 amide bonds. The van der Waals surface area contributed by atoms with Crippen LogP contribution in [0.4, 0.5) is 5.69 Å². The summed E-state index contributed by atoms with van der Waals surface area (Å²) in [5.74, 6) is 0.639. The molecule has 40 heavy (non-hydrogen) atoms. The number of hydrogen-bond donors (Lipinski definition) is 1. The lowest BCUT2D eigenvalue weighted by Crippen LogP contribution is -2.50. The number of fused-ring (bicyclic) bond motifs is 1. The molecule has 216 valence electrons. The number of rotatable bonds is 5. The first-order valence-electron chi connectivity index (χ1n) is 14.0. The molecule has 2 aromatic rings. The van der Waals surface area contributed by atoms with Crippen LogP contribution in [0.3, 0.4) is 0 Å². The molecule has 4 rings (SSSR count). The van der Waals surface area contributed by atoms with E-state index in [1.54, 1.807) is 68.6 Å². The van der Waals surface area contributed by atoms with Gasteiger partial charge in [0.15, 0.2) is 0 Å². The summed E-state index contributed by atoms with van der Waals surface area (Å²) < 4.78 is 17.2. The Hall–Kier alpha value is -3.59. The first-order valence-corrected chi connectivity index (χ1v) is 14.0. The molecule has 0 radical (unpaired) electrons. The normalized spacial score (nSPS) is 22.5. The van der Waals surface area contributed by atoms with Gasteiger partial charge in [-0.3, -0.25) is 14.4 Å². The van der Waals surface area contributed by atoms with Crippen molar-refractivity contribution in [2.45, 2.75) is 51.7 Å². The molecule has 0 spiro atoms. The number of carbonyl (C=O) groups is 3. The average molecular weight is 552 g/mol. The summed E-state index contributed by atoms with van der Waals surface area (Å²) in [5.41, 5.74) is 1.23. The fraction of sp³-hybridized carbons (Fsp3) is 0.516. The molecular formula is C31H41N3O6. The van der Waals surface area contributed by atoms with Gasteiger partial charge in [-0.25, -0.2) is 0 Å². The van der Waals surface area contributed by atoms with Crippen molar-refractivity contribution in [3.05, 3.63) is 53.6 Å². The SMILES string of the molecule is COc1cccc(C(=O)Nc2ccc3c(c2)C(=O)N(C)C[C@@H](OC)[C@H](C)CN(C(=O)C2CCCC2)[C@H](C)CO3)c1. The molecule has 0 unspecified atom stereocenters. The van der Waals surface area contributed by atoms with Crippen molar-refractivity contribution >= 4 is 23.4 Å². The highest BCUT2D eigenvalue weighted by atomic mass is 16.5. The fourth-order valence-corrected chi connectivity index (χ4v) is 5.54. The number of methoxy groups -OCH3 is 2. The molecule has 3 atom stereocenters. The zero-order valence-electron chi connectivity index (χ0n) is 24.1. The Bertz CT molecular complexity index is 1210. The first kappa shape index (κ1) is 29.4. The Kier molecular flexibility index (Phi) is 9.68. The topological polar surface area (TPSA) is 97.4 Å². The van der Waals surface area contributed by atoms with Crippen LogP contribution < -0.4 is 14.8 Å². The molecule has 1 fully saturated rings. The van der Waals surface area contributed by atoms with Crippen LogP contribution in [0.2, 0.25) is 0 Å². The predicted molar refractivity (Wildman–Crippen MR) is 153 cm³/mol. The minimum Gasteiger partial charge on any atom is -0.497 e. The third-order valence-corrected chi connectivity index (χ3v) is 8.02. The van der Waals surface area contributed by atoms with E-state index in [1.807, 2.05) is 11.8 Å². The summed E-state index contributed by atoms with van der Waals surface area (Å²) in [6.07, 6.45) is 3.76. The maximum atomic E-state index is 13.6. The highest BCUT2D eigenvalue weighted by Crippen LogP contribution is 2.30. The first-order chi connectivity index (χ1) is 19.2. The summed E-state index contributed by atoms with van der Waals surface area (Å²) in [6, 6.07) is 11.7. The van der Waals surface area contributed by atoms with Crippen molar-refractivity contribution < 1.29 is 28.6 Å². The number of anilines is 1. The smallest absolute Gasteiger partial charge is 0.257 e. The fourth-order valence-electron chi connectivity index (χ4n) is 5.54. The molecule has 1 saturated carbocycles. The van der Waals surface area contributed by atoms with E-state index in [0.717, 1.165) is 25.7 Å². The number of benzene rings is 2. The van der Waals surface area contributed by atoms with Crippen LogP contribution in [0.15, 0.2) is 42.5 Å². The van der Waals surface area contributed by atoms with Crippen LogP contribution in [0, 0.1) is 11.8 Å². The molecule has 9 nitrogen and oxygen atoms in total. The Balaban J connectivity index is 1.62. The Labute approximate surface area is 236 Å². The quantitative estimate of drug-likeness (QED) is 0.589. The second kappa shape index (κ2) is 13.2. The van der Waals surface area contributed by atoms with Crippen LogP contribution in [0.1, 0.15) is 60.2 Å². The molecule has 0 bridgehead atoms. The molecule has 0 aromatic heterocycles. The van der Waals surface area contributed by atoms with Gasteiger partial charge < -0.3 is 29.3 Å². The van der Waals surface area contributed by atoms with Crippen LogP contribution in [0.5, 0.6) is 11.5 Å². The Morgan fingerprint density at radius 3 is 2.48 bits per heavy atom. The van der Waals surface area contributed by atoms with E-state index in [4.69, 9.17) is 14.2 Å². The standard InChI is InChI=1S/C31H41N3O6/c1-20-17-34(30(36)22-9-6-7-10-22)21(2)19-40-27-14-13-24(16-26(27)31(37)33(3)18-28(20)39-5)32-29(35)23-11-8-12-25(15-23)38-4/h8,11-16,20-22,28H,6-7,9-10,17-19H2,1-5H3,(H,32,35)/t20-,21-,28-/m1/s1. The van der Waals surface area contributed by atoms with E-state index in [2.05, 4.69) is 12.2 Å². The lowest BCUT2D eigenvalue weighted by molar-refractivity contribution is -0.139. The number of carbonyl (C=O) groups excluding carboxylic acids is 3. The number of nitrogens with one attached hydrogen (secondary N) is 1. The van der Waals surface area contributed by atoms with Gasteiger partial charge in [0.25, 0.3) is 11.8 Å². The van der Waals surface area contributed by atoms with Crippen molar-refractivity contribution in [2.24, 2.45) is 11.8 Å². The average Bonchev–Trinajstić information content (AvgIpc) is 3.51. The lowest BCUT2D eigenvalue weighted by Gasteiger charge is -2.37. The molecular weight excluding hydrogens is 510 g/mol. The number of amides is 3. The highest BCUT2D eigenvalue weighted by Gasteiger charge is 2.34. The van der Waals surface area contributed by atoms with Gasteiger partial charge in [-0.15, -0.1) is 0 Å². The summed E-state index contributed by atoms with van der Waals surface area (Å²) in [5, 5.41) is 2.87. The van der Waals surface area contributed by atoms with Gasteiger partial charge in [-0.05, 0) is 56.2 Å². The van der Waals surface area contributed by atoms with Crippen molar-refractivity contribution in [3.63, 3.8) is 0 Å². The Morgan fingerprint density at radius 2 is 1.77 bits per heavy atom. The van der Waals surface area contributed by atoms with Crippen molar-refractivity contribution in [1.82, 2.24) is 9.80 Å². The second-order valence-corrected chi connectivity index (χ2v) is 11.0. The van der Waals surface area contributed by atoms with Crippen LogP contribution >= 0.6 is 0 Å². The monoisotopic (exact) mass is 551 g/mol. The summed E-state index contributed by atoms with van der Waals surface area (Å²) in [6.45, 7) is 5.16. The summed E-state index contributed by atoms with van der Waals surface area (Å²) >= 11 is 0. The van der Waals surface area contributed by atoms with E-state index in [-0.39, 0.29) is 48.3 Å². The molecule has 1 aliphatic carbocycles. The van der Waals surface area contributed by atoms with Crippen molar-refractivity contribution in [3.8, 4) is 11.5 Å². The minimum atomic E-state index is -0.323. The van der Waals surface area contributed by atoms with Crippen LogP contribution in [-0.4, -0.2) is 80.6 Å². The van der Waals surface area contributed by atoms with Gasteiger partial charge in [0.05, 0.1) is 24.8 Å². The van der Waals surface area contributed by atoms with Crippen LogP contribution in [-0.2, 0) is 9.53 Å². The zero-order chi connectivity index (χ0) is 28.8. The van der Waals surface area contributed by atoms with Crippen LogP contribution in [0.25, 0.3) is 0 Å². The van der Waals surface area contributed by atoms with Gasteiger partial charge in [-0.1, -0.05) is 25.8 Å². The molecule has 1 N–H and O–H groups in total. The van der Waals surface area contributed by atoms with Gasteiger partial charge in [0.1, 0.15) is 18.1 Å². The Morgan fingerprint density at radius 1 is 1.02 bits per heavy atom. The third-order valence-electron chi connectivity index (χ3n) is 8.02. The van der Waals surface area contributed by atoms with E-state index in [0.29, 0.717) is 41.4 Å². The third kappa shape index (κ3) is 6.75. The number of nitrogens with zero attached hydrogens (tertiary/aromatic N) is 2. The number of hydrogen-bond acceptors (Lipinski definition) is 6. The zero-order valence-corrected chi connectivity index (χ0v) is 24.1. The van der Waals surface area contributed by atoms with E-state index in [9.17, 15) is 14.4 Å². The molecule has 1 aliphatic heterocycles. The highest BCUT2D eigenvalue weighted by molar-refractivity contribution is 6.05. The van der Waals surface area contributed by atoms with Crippen molar-refractivity contribution in [1.29, 1.82) is 0 Å². The number of ether oxygens (including phenoxy) is 3. The molecule has 9 heteroatoms. The van der Waals surface area contributed by atoms with Gasteiger partial charge >= 0.3 is 0 Å². The maximum absolute atomic E-state index is 13.6. The van der Waals surface area contributed by atoms with Crippen molar-refractivity contribution in [2.75, 3.05) is 46.3 Å². The van der Waals surface area contributed by atoms with E-state index < -0.39 is 0 Å². The second-order valence-electron chi connectivity index (χ2n) is 11.0. The van der Waals surface area contributed by atoms with E-state index in [1.165, 1.54) is 0 Å². The summed E-state index contributed by atoms with van der Waals surface area (Å²) in [4.78, 5) is 43.7. The van der Waals surface area contributed by atoms with Gasteiger partial charge in [-0.2, -0.15) is 0 Å². The summed E-state index contributed by atoms with van der Waals surface area (Å²) in [7, 11) is 4.91. The van der Waals surface area contributed by atoms with E-state index >= 15 is 0 Å². The largest absolute Gasteiger partial charge is 0.497 e. The molecule has 1 heterocycles. The predicted octanol–water partition coefficient (Wildman–Crippen LogP) is 4.47. The molecule has 0 saturated heterocycles. The van der Waals surface area contributed by atoms with Gasteiger partial charge in [0.2, 0.25) is 5.91 Å². The van der Waals surface area contributed by atoms with Gasteiger partial charge in [0, 0.05) is 50.3 Å². The lowest BCUT2D eigenvalue weighted by atomic mass is 9.99. The maximum Gasteiger partial charge on any atom is 0.257 e. The number of likely N-dealkylation sites (N-methyl/N-ethyl adjacent to an activating group) is 1. The minimum absolute atomic E-state index is 0.000404. The molecule has 2 aliphatic rings.